The average molecular weight is 395 g/mol. The number of carbonyl (C=O) groups excluding carboxylic acids is 3. The fraction of sp³-hybridized carbons (Fsp3) is 0.227. The molecular weight excluding hydrogens is 374 g/mol. The lowest BCUT2D eigenvalue weighted by Gasteiger charge is -2.14. The number of carbonyl (C=O) groups is 3. The van der Waals surface area contributed by atoms with E-state index in [1.54, 1.807) is 36.4 Å². The summed E-state index contributed by atoms with van der Waals surface area (Å²) in [5.74, 6) is -0.0775. The Labute approximate surface area is 168 Å². The van der Waals surface area contributed by atoms with Gasteiger partial charge in [-0.05, 0) is 37.2 Å². The van der Waals surface area contributed by atoms with Gasteiger partial charge < -0.3 is 4.74 Å². The topological polar surface area (TPSA) is 63.7 Å². The molecule has 1 atom stereocenters. The fourth-order valence-electron chi connectivity index (χ4n) is 2.64. The molecule has 0 N–H and O–H groups in total. The Morgan fingerprint density at radius 1 is 1.11 bits per heavy atom. The van der Waals surface area contributed by atoms with Crippen LogP contribution in [0, 0.1) is 0 Å². The molecule has 2 aromatic rings. The molecule has 2 aromatic carbocycles. The summed E-state index contributed by atoms with van der Waals surface area (Å²) in [4.78, 5) is 38.6. The lowest BCUT2D eigenvalue weighted by atomic mass is 10.1. The van der Waals surface area contributed by atoms with Gasteiger partial charge in [-0.2, -0.15) is 0 Å². The molecule has 28 heavy (non-hydrogen) atoms. The van der Waals surface area contributed by atoms with E-state index in [4.69, 9.17) is 4.74 Å². The highest BCUT2D eigenvalue weighted by Crippen LogP contribution is 2.34. The summed E-state index contributed by atoms with van der Waals surface area (Å²) in [5.41, 5.74) is 1.19. The van der Waals surface area contributed by atoms with Crippen LogP contribution in [-0.4, -0.2) is 34.5 Å². The van der Waals surface area contributed by atoms with E-state index in [0.717, 1.165) is 28.6 Å². The zero-order chi connectivity index (χ0) is 20.1. The minimum absolute atomic E-state index is 0.0353. The summed E-state index contributed by atoms with van der Waals surface area (Å²) in [5, 5.41) is -0.444. The van der Waals surface area contributed by atoms with Gasteiger partial charge in [0.1, 0.15) is 5.75 Å². The van der Waals surface area contributed by atoms with E-state index in [1.807, 2.05) is 38.1 Å². The molecule has 5 nitrogen and oxygen atoms in total. The van der Waals surface area contributed by atoms with E-state index >= 15 is 0 Å². The first-order valence-corrected chi connectivity index (χ1v) is 9.90. The molecule has 144 valence electrons. The van der Waals surface area contributed by atoms with Crippen molar-refractivity contribution < 1.29 is 19.1 Å². The molecule has 1 aliphatic rings. The molecule has 0 radical (unpaired) electrons. The quantitative estimate of drug-likeness (QED) is 0.498. The molecule has 0 saturated carbocycles. The number of rotatable bonds is 7. The van der Waals surface area contributed by atoms with E-state index in [0.29, 0.717) is 11.3 Å². The van der Waals surface area contributed by atoms with Crippen LogP contribution in [0.25, 0.3) is 6.08 Å². The zero-order valence-electron chi connectivity index (χ0n) is 15.8. The average Bonchev–Trinajstić information content (AvgIpc) is 2.97. The number of thioether (sulfide) groups is 1. The molecule has 0 unspecified atom stereocenters. The first kappa shape index (κ1) is 19.9. The van der Waals surface area contributed by atoms with Crippen molar-refractivity contribution in [3.8, 4) is 5.75 Å². The molecule has 0 bridgehead atoms. The summed E-state index contributed by atoms with van der Waals surface area (Å²) in [6.07, 6.45) is 2.54. The number of amides is 2. The lowest BCUT2D eigenvalue weighted by Crippen LogP contribution is -2.33. The number of hydrogen-bond acceptors (Lipinski definition) is 5. The Hall–Kier alpha value is -2.86. The van der Waals surface area contributed by atoms with Gasteiger partial charge in [0.25, 0.3) is 11.1 Å². The Bertz CT molecular complexity index is 923. The van der Waals surface area contributed by atoms with Crippen LogP contribution in [0.3, 0.4) is 0 Å². The summed E-state index contributed by atoms with van der Waals surface area (Å²) in [6.45, 7) is 3.74. The molecule has 0 spiro atoms. The minimum Gasteiger partial charge on any atom is -0.490 e. The molecule has 0 aromatic heterocycles. The Morgan fingerprint density at radius 3 is 2.50 bits per heavy atom. The number of benzene rings is 2. The van der Waals surface area contributed by atoms with Gasteiger partial charge >= 0.3 is 0 Å². The lowest BCUT2D eigenvalue weighted by molar-refractivity contribution is -0.122. The van der Waals surface area contributed by atoms with Gasteiger partial charge in [0.15, 0.2) is 5.78 Å². The third-order valence-electron chi connectivity index (χ3n) is 4.38. The predicted molar refractivity (Wildman–Crippen MR) is 110 cm³/mol. The van der Waals surface area contributed by atoms with Crippen molar-refractivity contribution in [3.63, 3.8) is 0 Å². The molecule has 1 saturated heterocycles. The van der Waals surface area contributed by atoms with Crippen LogP contribution in [0.5, 0.6) is 5.75 Å². The monoisotopic (exact) mass is 395 g/mol. The summed E-state index contributed by atoms with van der Waals surface area (Å²) < 4.78 is 5.90. The number of ketones is 1. The van der Waals surface area contributed by atoms with E-state index in [-0.39, 0.29) is 23.3 Å². The number of ether oxygens (including phenoxy) is 1. The fourth-order valence-corrected chi connectivity index (χ4v) is 3.47. The van der Waals surface area contributed by atoms with Crippen LogP contribution >= 0.6 is 11.8 Å². The maximum Gasteiger partial charge on any atom is 0.293 e. The number of nitrogens with zero attached hydrogens (tertiary/aromatic N) is 1. The van der Waals surface area contributed by atoms with Gasteiger partial charge in [-0.3, -0.25) is 19.3 Å². The smallest absolute Gasteiger partial charge is 0.293 e. The highest BCUT2D eigenvalue weighted by molar-refractivity contribution is 8.18. The van der Waals surface area contributed by atoms with Gasteiger partial charge in [0.05, 0.1) is 17.6 Å². The van der Waals surface area contributed by atoms with Crippen molar-refractivity contribution in [2.75, 3.05) is 6.54 Å². The third-order valence-corrected chi connectivity index (χ3v) is 5.29. The maximum atomic E-state index is 12.7. The Morgan fingerprint density at radius 2 is 1.79 bits per heavy atom. The van der Waals surface area contributed by atoms with Crippen molar-refractivity contribution in [2.24, 2.45) is 0 Å². The maximum absolute atomic E-state index is 12.7. The van der Waals surface area contributed by atoms with Crippen LogP contribution in [0.4, 0.5) is 4.79 Å². The van der Waals surface area contributed by atoms with Gasteiger partial charge in [0.2, 0.25) is 0 Å². The second-order valence-corrected chi connectivity index (χ2v) is 7.42. The van der Waals surface area contributed by atoms with Crippen LogP contribution in [0.15, 0.2) is 59.5 Å². The summed E-state index contributed by atoms with van der Waals surface area (Å²) in [6, 6.07) is 16.0. The standard InChI is InChI=1S/C22H21NO4S/c1-3-15(2)27-19-12-8-7-11-17(19)13-20-21(25)23(22(26)28-20)14-18(24)16-9-5-4-6-10-16/h4-13,15H,3,14H2,1-2H3/b20-13+/t15-/m0/s1. The molecule has 1 aliphatic heterocycles. The molecule has 1 heterocycles. The predicted octanol–water partition coefficient (Wildman–Crippen LogP) is 4.78. The van der Waals surface area contributed by atoms with Gasteiger partial charge in [-0.25, -0.2) is 0 Å². The number of imide groups is 1. The number of para-hydroxylation sites is 1. The highest BCUT2D eigenvalue weighted by atomic mass is 32.2. The van der Waals surface area contributed by atoms with Crippen LogP contribution in [-0.2, 0) is 4.79 Å². The molecule has 2 amide bonds. The van der Waals surface area contributed by atoms with Crippen LogP contribution in [0.2, 0.25) is 0 Å². The number of Topliss-reactive ketones (excluding diaryl/α,β-unsaturated/α-hetero) is 1. The van der Waals surface area contributed by atoms with Crippen molar-refractivity contribution >= 4 is 34.8 Å². The van der Waals surface area contributed by atoms with Gasteiger partial charge in [0, 0.05) is 11.1 Å². The van der Waals surface area contributed by atoms with E-state index < -0.39 is 11.1 Å². The zero-order valence-corrected chi connectivity index (χ0v) is 16.6. The second kappa shape index (κ2) is 8.89. The van der Waals surface area contributed by atoms with Crippen molar-refractivity contribution in [3.05, 3.63) is 70.6 Å². The summed E-state index contributed by atoms with van der Waals surface area (Å²) >= 11 is 0.838. The van der Waals surface area contributed by atoms with Crippen molar-refractivity contribution in [2.45, 2.75) is 26.4 Å². The van der Waals surface area contributed by atoms with Gasteiger partial charge in [-0.15, -0.1) is 0 Å². The van der Waals surface area contributed by atoms with E-state index in [1.165, 1.54) is 0 Å². The molecule has 1 fully saturated rings. The second-order valence-electron chi connectivity index (χ2n) is 6.43. The molecule has 6 heteroatoms. The van der Waals surface area contributed by atoms with Crippen LogP contribution < -0.4 is 4.74 Å². The normalized spacial score (nSPS) is 16.5. The van der Waals surface area contributed by atoms with Crippen LogP contribution in [0.1, 0.15) is 36.2 Å². The van der Waals surface area contributed by atoms with Crippen molar-refractivity contribution in [1.29, 1.82) is 0 Å². The highest BCUT2D eigenvalue weighted by Gasteiger charge is 2.36. The first-order chi connectivity index (χ1) is 13.5. The first-order valence-electron chi connectivity index (χ1n) is 9.09. The number of hydrogen-bond donors (Lipinski definition) is 0. The SMILES string of the molecule is CC[C@H](C)Oc1ccccc1/C=C1/SC(=O)N(CC(=O)c2ccccc2)C1=O. The van der Waals surface area contributed by atoms with E-state index in [9.17, 15) is 14.4 Å². The largest absolute Gasteiger partial charge is 0.490 e. The Balaban J connectivity index is 1.79. The Kier molecular flexibility index (Phi) is 6.31. The third kappa shape index (κ3) is 4.51. The molecule has 3 rings (SSSR count). The van der Waals surface area contributed by atoms with Gasteiger partial charge in [-0.1, -0.05) is 55.5 Å². The minimum atomic E-state index is -0.461. The van der Waals surface area contributed by atoms with E-state index in [2.05, 4.69) is 0 Å². The molecular formula is C22H21NO4S. The molecule has 0 aliphatic carbocycles. The van der Waals surface area contributed by atoms with Crippen molar-refractivity contribution in [1.82, 2.24) is 4.90 Å². The summed E-state index contributed by atoms with van der Waals surface area (Å²) in [7, 11) is 0.